The van der Waals surface area contributed by atoms with Crippen molar-refractivity contribution < 1.29 is 0 Å². The van der Waals surface area contributed by atoms with Crippen molar-refractivity contribution in [1.29, 1.82) is 0 Å². The summed E-state index contributed by atoms with van der Waals surface area (Å²) in [6.45, 7) is 26.1. The van der Waals surface area contributed by atoms with Crippen LogP contribution in [0.5, 0.6) is 0 Å². The summed E-state index contributed by atoms with van der Waals surface area (Å²) in [7, 11) is 0. The Morgan fingerprint density at radius 2 is 0.527 bits per heavy atom. The van der Waals surface area contributed by atoms with Crippen LogP contribution in [0.15, 0.2) is 224 Å². The van der Waals surface area contributed by atoms with Crippen molar-refractivity contribution in [3.8, 4) is 33.4 Å². The lowest BCUT2D eigenvalue weighted by atomic mass is 9.91. The second-order valence-electron chi connectivity index (χ2n) is 16.4. The molecule has 13 aromatic rings. The van der Waals surface area contributed by atoms with Gasteiger partial charge in [0.2, 0.25) is 0 Å². The zero-order chi connectivity index (χ0) is 53.1. The van der Waals surface area contributed by atoms with Crippen molar-refractivity contribution in [2.24, 2.45) is 0 Å². The molecule has 0 saturated carbocycles. The minimum Gasteiger partial charge on any atom is -0.135 e. The van der Waals surface area contributed by atoms with E-state index in [2.05, 4.69) is 231 Å². The molecule has 0 aliphatic carbocycles. The van der Waals surface area contributed by atoms with Gasteiger partial charge >= 0.3 is 0 Å². The van der Waals surface area contributed by atoms with E-state index in [0.717, 1.165) is 0 Å². The highest BCUT2D eigenvalue weighted by Crippen LogP contribution is 2.42. The van der Waals surface area contributed by atoms with Gasteiger partial charge in [-0.25, -0.2) is 0 Å². The van der Waals surface area contributed by atoms with Crippen molar-refractivity contribution in [1.82, 2.24) is 0 Å². The van der Waals surface area contributed by atoms with Crippen LogP contribution in [0.25, 0.3) is 118 Å². The minimum absolute atomic E-state index is 1.25. The molecule has 0 aliphatic heterocycles. The number of hydrogen-bond donors (Lipinski definition) is 0. The number of hydrogen-bond acceptors (Lipinski definition) is 1. The third-order valence-electron chi connectivity index (χ3n) is 12.8. The zero-order valence-corrected chi connectivity index (χ0v) is 47.1. The largest absolute Gasteiger partial charge is 0.135 e. The Bertz CT molecular complexity index is 3820. The first-order valence-corrected chi connectivity index (χ1v) is 28.2. The molecule has 1 heteroatoms. The van der Waals surface area contributed by atoms with Gasteiger partial charge in [-0.2, -0.15) is 0 Å². The Labute approximate surface area is 447 Å². The highest BCUT2D eigenvalue weighted by Gasteiger charge is 2.14. The second kappa shape index (κ2) is 27.5. The molecule has 0 radical (unpaired) electrons. The first-order valence-electron chi connectivity index (χ1n) is 27.4. The van der Waals surface area contributed by atoms with Gasteiger partial charge in [0.25, 0.3) is 0 Å². The monoisotopic (exact) mass is 985 g/mol. The maximum Gasteiger partial charge on any atom is 0.0433 e. The molecule has 0 fully saturated rings. The van der Waals surface area contributed by atoms with Gasteiger partial charge in [-0.15, -0.1) is 11.3 Å². The second-order valence-corrected chi connectivity index (χ2v) is 17.5. The molecule has 12 aromatic carbocycles. The van der Waals surface area contributed by atoms with Crippen LogP contribution >= 0.6 is 11.3 Å². The lowest BCUT2D eigenvalue weighted by molar-refractivity contribution is 1.47. The average Bonchev–Trinajstić information content (AvgIpc) is 3.90. The van der Waals surface area contributed by atoms with Gasteiger partial charge in [-0.3, -0.25) is 0 Å². The van der Waals surface area contributed by atoms with Gasteiger partial charge < -0.3 is 0 Å². The Kier molecular flexibility index (Phi) is 20.7. The maximum absolute atomic E-state index is 2.38. The molecule has 0 unspecified atom stereocenters. The van der Waals surface area contributed by atoms with Crippen molar-refractivity contribution in [3.63, 3.8) is 0 Å². The number of fused-ring (bicyclic) bond motifs is 15. The van der Waals surface area contributed by atoms with Gasteiger partial charge in [-0.05, 0) is 129 Å². The Morgan fingerprint density at radius 1 is 0.216 bits per heavy atom. The van der Waals surface area contributed by atoms with Crippen molar-refractivity contribution in [2.75, 3.05) is 0 Å². The van der Waals surface area contributed by atoms with Crippen molar-refractivity contribution in [3.05, 3.63) is 230 Å². The quantitative estimate of drug-likeness (QED) is 0.155. The molecule has 0 bridgehead atoms. The number of rotatable bonds is 3. The van der Waals surface area contributed by atoms with Crippen molar-refractivity contribution >= 4 is 96.1 Å². The van der Waals surface area contributed by atoms with E-state index in [9.17, 15) is 0 Å². The number of aryl methyl sites for hydroxylation is 1. The average molecular weight is 985 g/mol. The third kappa shape index (κ3) is 11.3. The van der Waals surface area contributed by atoms with E-state index in [-0.39, 0.29) is 0 Å². The van der Waals surface area contributed by atoms with Crippen LogP contribution in [0.3, 0.4) is 0 Å². The van der Waals surface area contributed by atoms with E-state index in [0.29, 0.717) is 0 Å². The van der Waals surface area contributed by atoms with Crippen LogP contribution in [-0.4, -0.2) is 0 Å². The molecule has 0 spiro atoms. The SMILES string of the molecule is CC.CC.CC.CC.CC.CC.Cc1cccc(-c2ccc3c4ccccc4c4ccccc4c3c2)c1.c1cc(-c2ccc3c4ccccc4c4ccccc4c3c2)cc(-c2cccc3c2sc2ccccc23)c1. The predicted octanol–water partition coefficient (Wildman–Crippen LogP) is 24.1. The van der Waals surface area contributed by atoms with Crippen LogP contribution in [-0.2, 0) is 0 Å². The molecular formula is C73H76S. The van der Waals surface area contributed by atoms with E-state index in [1.54, 1.807) is 0 Å². The topological polar surface area (TPSA) is 0 Å². The normalized spacial score (nSPS) is 10.2. The van der Waals surface area contributed by atoms with E-state index in [1.807, 2.05) is 94.4 Å². The molecule has 1 heterocycles. The van der Waals surface area contributed by atoms with Gasteiger partial charge in [-0.1, -0.05) is 289 Å². The Morgan fingerprint density at radius 3 is 0.959 bits per heavy atom. The van der Waals surface area contributed by atoms with Crippen LogP contribution < -0.4 is 0 Å². The molecule has 0 N–H and O–H groups in total. The Balaban J connectivity index is 0.000000210. The molecule has 0 amide bonds. The first kappa shape index (κ1) is 55.7. The zero-order valence-electron chi connectivity index (χ0n) is 46.3. The van der Waals surface area contributed by atoms with E-state index in [4.69, 9.17) is 0 Å². The lowest BCUT2D eigenvalue weighted by Crippen LogP contribution is -1.86. The van der Waals surface area contributed by atoms with Gasteiger partial charge in [0.15, 0.2) is 0 Å². The van der Waals surface area contributed by atoms with E-state index >= 15 is 0 Å². The minimum atomic E-state index is 1.25. The fourth-order valence-corrected chi connectivity index (χ4v) is 11.1. The number of thiophene rings is 1. The summed E-state index contributed by atoms with van der Waals surface area (Å²) >= 11 is 1.89. The number of benzene rings is 12. The summed E-state index contributed by atoms with van der Waals surface area (Å²) in [5, 5.41) is 18.5. The molecule has 0 atom stereocenters. The molecule has 74 heavy (non-hydrogen) atoms. The van der Waals surface area contributed by atoms with Gasteiger partial charge in [0.05, 0.1) is 0 Å². The molecule has 374 valence electrons. The predicted molar refractivity (Wildman–Crippen MR) is 340 cm³/mol. The smallest absolute Gasteiger partial charge is 0.0433 e. The summed E-state index contributed by atoms with van der Waals surface area (Å²) in [6, 6.07) is 82.0. The van der Waals surface area contributed by atoms with Crippen LogP contribution in [0.2, 0.25) is 0 Å². The Hall–Kier alpha value is -7.58. The molecule has 0 nitrogen and oxygen atoms in total. The first-order chi connectivity index (χ1) is 36.7. The fourth-order valence-electron chi connectivity index (χ4n) is 9.84. The van der Waals surface area contributed by atoms with Crippen molar-refractivity contribution in [2.45, 2.75) is 90.0 Å². The summed E-state index contributed by atoms with van der Waals surface area (Å²) in [5.41, 5.74) is 8.90. The lowest BCUT2D eigenvalue weighted by Gasteiger charge is -2.12. The van der Waals surface area contributed by atoms with Crippen LogP contribution in [0.4, 0.5) is 0 Å². The summed E-state index contributed by atoms with van der Waals surface area (Å²) in [5.74, 6) is 0. The standard InChI is InChI=1S/C36H22S.C25H18.6C2H6/c1-2-13-29-27(11-1)28-12-3-4-14-30(28)34-22-24(19-20-31(29)34)23-9-7-10-25(21-23)26-16-8-17-33-32-15-5-6-18-35(32)37-36(26)33;1-17-7-6-8-18(15-17)19-13-14-24-22-11-3-2-9-20(22)21-10-4-5-12-23(21)25(24)16-19;6*1-2/h1-22H;2-16H,1H3;6*1-2H3. The highest BCUT2D eigenvalue weighted by molar-refractivity contribution is 7.26. The van der Waals surface area contributed by atoms with Crippen LogP contribution in [0, 0.1) is 6.92 Å². The summed E-state index contributed by atoms with van der Waals surface area (Å²) in [6.07, 6.45) is 0. The van der Waals surface area contributed by atoms with E-state index < -0.39 is 0 Å². The fraction of sp³-hybridized carbons (Fsp3) is 0.178. The third-order valence-corrected chi connectivity index (χ3v) is 14.0. The van der Waals surface area contributed by atoms with E-state index in [1.165, 1.54) is 124 Å². The van der Waals surface area contributed by atoms with Crippen LogP contribution in [0.1, 0.15) is 88.6 Å². The summed E-state index contributed by atoms with van der Waals surface area (Å²) in [4.78, 5) is 0. The maximum atomic E-state index is 2.38. The molecule has 13 rings (SSSR count). The molecule has 0 aliphatic rings. The molecular weight excluding hydrogens is 909 g/mol. The van der Waals surface area contributed by atoms with Gasteiger partial charge in [0, 0.05) is 20.2 Å². The summed E-state index contributed by atoms with van der Waals surface area (Å²) < 4.78 is 2.70. The van der Waals surface area contributed by atoms with Gasteiger partial charge in [0.1, 0.15) is 0 Å². The molecule has 0 saturated heterocycles. The molecule has 1 aromatic heterocycles. The highest BCUT2D eigenvalue weighted by atomic mass is 32.1.